The fraction of sp³-hybridized carbons (Fsp3) is 0.583. The number of hydrogen-bond acceptors (Lipinski definition) is 6. The molecule has 0 fully saturated rings. The minimum absolute atomic E-state index is 0.222. The number of rotatable bonds is 13. The summed E-state index contributed by atoms with van der Waals surface area (Å²) >= 11 is 0. The van der Waals surface area contributed by atoms with Crippen LogP contribution in [0.5, 0.6) is 0 Å². The Labute approximate surface area is 182 Å². The number of hydrogen-bond donors (Lipinski definition) is 0. The molecule has 0 radical (unpaired) electrons. The van der Waals surface area contributed by atoms with Crippen molar-refractivity contribution in [3.05, 3.63) is 48.6 Å². The van der Waals surface area contributed by atoms with Crippen LogP contribution in [0.1, 0.15) is 27.7 Å². The third-order valence-electron chi connectivity index (χ3n) is 4.62. The smallest absolute Gasteiger partial charge is 0.321 e. The third kappa shape index (κ3) is 7.26. The van der Waals surface area contributed by atoms with Gasteiger partial charge in [-0.1, -0.05) is 48.6 Å². The zero-order valence-electron chi connectivity index (χ0n) is 20.0. The van der Waals surface area contributed by atoms with Gasteiger partial charge in [-0.25, -0.2) is 0 Å². The molecule has 0 aliphatic heterocycles. The van der Waals surface area contributed by atoms with Gasteiger partial charge in [0, 0.05) is 13.1 Å². The first-order chi connectivity index (χ1) is 14.2. The van der Waals surface area contributed by atoms with Crippen LogP contribution in [0, 0.1) is 10.8 Å². The number of carbonyl (C=O) groups is 2. The quantitative estimate of drug-likeness (QED) is 0.336. The van der Waals surface area contributed by atoms with Crippen LogP contribution in [0.15, 0.2) is 48.6 Å². The fourth-order valence-electron chi connectivity index (χ4n) is 3.20. The lowest BCUT2D eigenvalue weighted by Crippen LogP contribution is -2.50. The molecule has 0 N–H and O–H groups in total. The molecular formula is C24H40N2O4. The maximum atomic E-state index is 13.5. The zero-order chi connectivity index (χ0) is 23.2. The summed E-state index contributed by atoms with van der Waals surface area (Å²) < 4.78 is 11.3. The molecule has 0 saturated carbocycles. The van der Waals surface area contributed by atoms with E-state index in [1.165, 1.54) is 0 Å². The highest BCUT2D eigenvalue weighted by Crippen LogP contribution is 2.47. The number of allylic oxidation sites excluding steroid dienone is 4. The third-order valence-corrected chi connectivity index (χ3v) is 4.62. The lowest BCUT2D eigenvalue weighted by Gasteiger charge is -2.40. The van der Waals surface area contributed by atoms with E-state index in [9.17, 15) is 9.59 Å². The van der Waals surface area contributed by atoms with Crippen molar-refractivity contribution in [3.63, 3.8) is 0 Å². The Hall–Kier alpha value is -2.18. The van der Waals surface area contributed by atoms with Gasteiger partial charge in [0.1, 0.15) is 24.0 Å². The molecule has 0 aromatic heterocycles. The molecule has 0 bridgehead atoms. The van der Waals surface area contributed by atoms with Gasteiger partial charge >= 0.3 is 11.9 Å². The van der Waals surface area contributed by atoms with Crippen molar-refractivity contribution in [1.82, 2.24) is 9.80 Å². The van der Waals surface area contributed by atoms with Gasteiger partial charge in [0.25, 0.3) is 0 Å². The molecule has 6 nitrogen and oxygen atoms in total. The summed E-state index contributed by atoms with van der Waals surface area (Å²) in [7, 11) is 7.63. The average molecular weight is 421 g/mol. The Kier molecular flexibility index (Phi) is 12.9. The van der Waals surface area contributed by atoms with Crippen LogP contribution in [-0.4, -0.2) is 76.2 Å². The first kappa shape index (κ1) is 27.8. The topological polar surface area (TPSA) is 59.1 Å². The molecule has 0 aliphatic rings. The molecule has 30 heavy (non-hydrogen) atoms. The summed E-state index contributed by atoms with van der Waals surface area (Å²) in [4.78, 5) is 30.8. The van der Waals surface area contributed by atoms with Gasteiger partial charge in [-0.2, -0.15) is 0 Å². The first-order valence-corrected chi connectivity index (χ1v) is 10.4. The van der Waals surface area contributed by atoms with E-state index in [1.54, 1.807) is 48.6 Å². The van der Waals surface area contributed by atoms with E-state index in [1.807, 2.05) is 65.7 Å². The normalized spacial score (nSPS) is 16.7. The molecule has 0 heterocycles. The lowest BCUT2D eigenvalue weighted by molar-refractivity contribution is -0.166. The monoisotopic (exact) mass is 420 g/mol. The maximum absolute atomic E-state index is 13.5. The van der Waals surface area contributed by atoms with E-state index in [2.05, 4.69) is 0 Å². The molecule has 0 rings (SSSR count). The molecule has 0 aromatic rings. The number of carbonyl (C=O) groups excluding carboxylic acids is 2. The molecule has 0 amide bonds. The van der Waals surface area contributed by atoms with Gasteiger partial charge in [-0.3, -0.25) is 9.59 Å². The highest BCUT2D eigenvalue weighted by molar-refractivity contribution is 5.95. The number of likely N-dealkylation sites (N-methyl/N-ethyl adjacent to an activating group) is 2. The Balaban J connectivity index is 6.51. The molecule has 0 saturated heterocycles. The van der Waals surface area contributed by atoms with Gasteiger partial charge in [0.2, 0.25) is 0 Å². The molecule has 0 aliphatic carbocycles. The van der Waals surface area contributed by atoms with Gasteiger partial charge in [0.05, 0.1) is 0 Å². The number of ether oxygens (including phenoxy) is 2. The number of esters is 2. The Morgan fingerprint density at radius 1 is 0.633 bits per heavy atom. The van der Waals surface area contributed by atoms with Gasteiger partial charge in [-0.05, 0) is 55.9 Å². The zero-order valence-corrected chi connectivity index (χ0v) is 20.0. The van der Waals surface area contributed by atoms with Crippen LogP contribution in [-0.2, 0) is 19.1 Å². The van der Waals surface area contributed by atoms with Gasteiger partial charge < -0.3 is 19.3 Å². The van der Waals surface area contributed by atoms with Crippen LogP contribution >= 0.6 is 0 Å². The second kappa shape index (κ2) is 13.9. The van der Waals surface area contributed by atoms with Crippen LogP contribution in [0.2, 0.25) is 0 Å². The summed E-state index contributed by atoms with van der Waals surface area (Å²) in [5, 5.41) is 0. The van der Waals surface area contributed by atoms with Crippen molar-refractivity contribution in [3.8, 4) is 0 Å². The summed E-state index contributed by atoms with van der Waals surface area (Å²) in [5.41, 5.74) is -2.76. The molecule has 0 aromatic carbocycles. The first-order valence-electron chi connectivity index (χ1n) is 10.4. The largest absolute Gasteiger partial charge is 0.463 e. The van der Waals surface area contributed by atoms with Crippen LogP contribution in [0.3, 0.4) is 0 Å². The average Bonchev–Trinajstić information content (AvgIpc) is 2.66. The molecule has 6 heteroatoms. The van der Waals surface area contributed by atoms with Crippen molar-refractivity contribution in [2.24, 2.45) is 10.8 Å². The fourth-order valence-corrected chi connectivity index (χ4v) is 3.20. The van der Waals surface area contributed by atoms with Gasteiger partial charge in [-0.15, -0.1) is 0 Å². The lowest BCUT2D eigenvalue weighted by atomic mass is 9.61. The van der Waals surface area contributed by atoms with Crippen LogP contribution < -0.4 is 0 Å². The van der Waals surface area contributed by atoms with E-state index < -0.39 is 22.8 Å². The SMILES string of the molecule is C/C=C\C(/C=C/C)(C(=O)OCCN(C)C)C(/C=C\C)(/C=C/C)C(=O)OCCN(C)C. The molecule has 0 spiro atoms. The Morgan fingerprint density at radius 3 is 1.10 bits per heavy atom. The second-order valence-electron chi connectivity index (χ2n) is 7.62. The summed E-state index contributed by atoms with van der Waals surface area (Å²) in [6, 6.07) is 0. The van der Waals surface area contributed by atoms with Crippen molar-refractivity contribution < 1.29 is 19.1 Å². The molecule has 2 unspecified atom stereocenters. The summed E-state index contributed by atoms with van der Waals surface area (Å²) in [5.74, 6) is -0.998. The van der Waals surface area contributed by atoms with Crippen molar-refractivity contribution >= 4 is 11.9 Å². The highest BCUT2D eigenvalue weighted by Gasteiger charge is 2.57. The molecule has 170 valence electrons. The van der Waals surface area contributed by atoms with Crippen molar-refractivity contribution in [2.45, 2.75) is 27.7 Å². The van der Waals surface area contributed by atoms with Gasteiger partial charge in [0.15, 0.2) is 0 Å². The Morgan fingerprint density at radius 2 is 0.900 bits per heavy atom. The van der Waals surface area contributed by atoms with E-state index >= 15 is 0 Å². The summed E-state index contributed by atoms with van der Waals surface area (Å²) in [6.45, 7) is 8.89. The van der Waals surface area contributed by atoms with E-state index in [-0.39, 0.29) is 13.2 Å². The van der Waals surface area contributed by atoms with E-state index in [0.717, 1.165) is 0 Å². The maximum Gasteiger partial charge on any atom is 0.321 e. The predicted octanol–water partition coefficient (Wildman–Crippen LogP) is 3.47. The molecular weight excluding hydrogens is 380 g/mol. The molecule has 2 atom stereocenters. The van der Waals surface area contributed by atoms with E-state index in [4.69, 9.17) is 9.47 Å². The second-order valence-corrected chi connectivity index (χ2v) is 7.62. The van der Waals surface area contributed by atoms with Crippen molar-refractivity contribution in [1.29, 1.82) is 0 Å². The van der Waals surface area contributed by atoms with E-state index in [0.29, 0.717) is 13.1 Å². The Bertz CT molecular complexity index is 566. The number of nitrogens with zero attached hydrogens (tertiary/aromatic N) is 2. The minimum atomic E-state index is -1.38. The highest BCUT2D eigenvalue weighted by atomic mass is 16.5. The van der Waals surface area contributed by atoms with Crippen LogP contribution in [0.4, 0.5) is 0 Å². The summed E-state index contributed by atoms with van der Waals surface area (Å²) in [6.07, 6.45) is 13.9. The van der Waals surface area contributed by atoms with Crippen molar-refractivity contribution in [2.75, 3.05) is 54.5 Å². The standard InChI is InChI=1S/C24H40N2O4/c1-9-13-23(14-10-2,21(27)29-19-17-25(5)6)24(15-11-3,16-12-4)22(28)30-20-18-26(7)8/h9-16H,17-20H2,1-8H3/b13-9-,14-10+,15-11-,16-12+. The van der Waals surface area contributed by atoms with Crippen LogP contribution in [0.25, 0.3) is 0 Å². The predicted molar refractivity (Wildman–Crippen MR) is 123 cm³/mol. The minimum Gasteiger partial charge on any atom is -0.463 e.